The molecule has 0 aromatic carbocycles. The number of aliphatic hydroxyl groups excluding tert-OH is 1. The second-order valence-electron chi connectivity index (χ2n) is 5.23. The van der Waals surface area contributed by atoms with Crippen LogP contribution in [0.25, 0.3) is 0 Å². The molecule has 1 saturated heterocycles. The second-order valence-corrected chi connectivity index (χ2v) is 6.99. The van der Waals surface area contributed by atoms with Gasteiger partial charge in [0.25, 0.3) is 10.2 Å². The van der Waals surface area contributed by atoms with Gasteiger partial charge in [0, 0.05) is 44.5 Å². The highest BCUT2D eigenvalue weighted by Gasteiger charge is 2.27. The molecular weight excluding hydrogens is 280 g/mol. The summed E-state index contributed by atoms with van der Waals surface area (Å²) < 4.78 is 30.2. The maximum absolute atomic E-state index is 12.2. The van der Waals surface area contributed by atoms with Crippen LogP contribution in [-0.2, 0) is 23.8 Å². The molecule has 114 valence electrons. The SMILES string of the molecule is Cc1c(CNS(=O)(=O)N2CCC(CO)CC2)cnn1C. The van der Waals surface area contributed by atoms with Crippen molar-refractivity contribution in [1.29, 1.82) is 0 Å². The van der Waals surface area contributed by atoms with Gasteiger partial charge < -0.3 is 5.11 Å². The quantitative estimate of drug-likeness (QED) is 0.786. The number of hydrogen-bond acceptors (Lipinski definition) is 4. The molecule has 0 saturated carbocycles. The molecule has 8 heteroatoms. The second kappa shape index (κ2) is 6.21. The summed E-state index contributed by atoms with van der Waals surface area (Å²) in [5.74, 6) is 0.224. The minimum Gasteiger partial charge on any atom is -0.396 e. The van der Waals surface area contributed by atoms with Crippen LogP contribution in [0.15, 0.2) is 6.20 Å². The Hall–Kier alpha value is -0.960. The van der Waals surface area contributed by atoms with Gasteiger partial charge in [-0.3, -0.25) is 4.68 Å². The number of hydrogen-bond donors (Lipinski definition) is 2. The van der Waals surface area contributed by atoms with E-state index in [0.29, 0.717) is 25.9 Å². The fraction of sp³-hybridized carbons (Fsp3) is 0.750. The van der Waals surface area contributed by atoms with Crippen LogP contribution < -0.4 is 4.72 Å². The van der Waals surface area contributed by atoms with Crippen molar-refractivity contribution in [3.63, 3.8) is 0 Å². The number of aryl methyl sites for hydroxylation is 1. The van der Waals surface area contributed by atoms with Crippen molar-refractivity contribution in [3.8, 4) is 0 Å². The van der Waals surface area contributed by atoms with Gasteiger partial charge in [0.05, 0.1) is 6.20 Å². The van der Waals surface area contributed by atoms with Crippen LogP contribution >= 0.6 is 0 Å². The maximum atomic E-state index is 12.2. The predicted octanol–water partition coefficient (Wildman–Crippen LogP) is -0.233. The van der Waals surface area contributed by atoms with Gasteiger partial charge in [-0.15, -0.1) is 0 Å². The minimum atomic E-state index is -3.46. The molecule has 2 N–H and O–H groups in total. The van der Waals surface area contributed by atoms with E-state index in [1.54, 1.807) is 10.9 Å². The molecule has 2 heterocycles. The van der Waals surface area contributed by atoms with Crippen molar-refractivity contribution < 1.29 is 13.5 Å². The van der Waals surface area contributed by atoms with Crippen molar-refractivity contribution in [2.75, 3.05) is 19.7 Å². The first-order valence-corrected chi connectivity index (χ1v) is 8.21. The van der Waals surface area contributed by atoms with E-state index in [1.807, 2.05) is 14.0 Å². The van der Waals surface area contributed by atoms with Gasteiger partial charge in [-0.25, -0.2) is 0 Å². The Morgan fingerprint density at radius 2 is 2.10 bits per heavy atom. The first-order valence-electron chi connectivity index (χ1n) is 6.77. The summed E-state index contributed by atoms with van der Waals surface area (Å²) in [6.07, 6.45) is 3.10. The summed E-state index contributed by atoms with van der Waals surface area (Å²) in [4.78, 5) is 0. The van der Waals surface area contributed by atoms with E-state index >= 15 is 0 Å². The van der Waals surface area contributed by atoms with Crippen molar-refractivity contribution in [1.82, 2.24) is 18.8 Å². The number of aliphatic hydroxyl groups is 1. The third kappa shape index (κ3) is 3.38. The first kappa shape index (κ1) is 15.4. The predicted molar refractivity (Wildman–Crippen MR) is 75.1 cm³/mol. The molecule has 0 bridgehead atoms. The Kier molecular flexibility index (Phi) is 4.79. The highest BCUT2D eigenvalue weighted by Crippen LogP contribution is 2.18. The third-order valence-corrected chi connectivity index (χ3v) is 5.51. The highest BCUT2D eigenvalue weighted by molar-refractivity contribution is 7.87. The van der Waals surface area contributed by atoms with Gasteiger partial charge in [0.2, 0.25) is 0 Å². The van der Waals surface area contributed by atoms with Crippen LogP contribution in [0.5, 0.6) is 0 Å². The Morgan fingerprint density at radius 3 is 2.60 bits per heavy atom. The van der Waals surface area contributed by atoms with E-state index < -0.39 is 10.2 Å². The molecule has 7 nitrogen and oxygen atoms in total. The lowest BCUT2D eigenvalue weighted by molar-refractivity contribution is 0.169. The van der Waals surface area contributed by atoms with E-state index in [2.05, 4.69) is 9.82 Å². The standard InChI is InChI=1S/C12H22N4O3S/c1-10-12(7-13-15(10)2)8-14-20(18,19)16-5-3-11(9-17)4-6-16/h7,11,14,17H,3-6,8-9H2,1-2H3. The normalized spacial score (nSPS) is 18.6. The van der Waals surface area contributed by atoms with E-state index in [9.17, 15) is 8.42 Å². The van der Waals surface area contributed by atoms with Crippen LogP contribution in [0, 0.1) is 12.8 Å². The molecule has 20 heavy (non-hydrogen) atoms. The molecule has 2 rings (SSSR count). The average Bonchev–Trinajstić information content (AvgIpc) is 2.77. The Bertz CT molecular complexity index is 547. The zero-order chi connectivity index (χ0) is 14.8. The van der Waals surface area contributed by atoms with Crippen molar-refractivity contribution in [2.24, 2.45) is 13.0 Å². The van der Waals surface area contributed by atoms with Crippen LogP contribution in [0.2, 0.25) is 0 Å². The van der Waals surface area contributed by atoms with E-state index in [0.717, 1.165) is 11.3 Å². The lowest BCUT2D eigenvalue weighted by Gasteiger charge is -2.30. The van der Waals surface area contributed by atoms with E-state index in [4.69, 9.17) is 5.11 Å². The van der Waals surface area contributed by atoms with Crippen LogP contribution in [-0.4, -0.2) is 47.3 Å². The van der Waals surface area contributed by atoms with Crippen molar-refractivity contribution >= 4 is 10.2 Å². The van der Waals surface area contributed by atoms with Crippen molar-refractivity contribution in [3.05, 3.63) is 17.5 Å². The maximum Gasteiger partial charge on any atom is 0.279 e. The van der Waals surface area contributed by atoms with Gasteiger partial charge in [0.15, 0.2) is 0 Å². The molecule has 0 unspecified atom stereocenters. The van der Waals surface area contributed by atoms with Gasteiger partial charge in [-0.1, -0.05) is 0 Å². The number of piperidine rings is 1. The zero-order valence-corrected chi connectivity index (χ0v) is 12.7. The highest BCUT2D eigenvalue weighted by atomic mass is 32.2. The number of nitrogens with zero attached hydrogens (tertiary/aromatic N) is 3. The van der Waals surface area contributed by atoms with Gasteiger partial charge in [-0.05, 0) is 25.7 Å². The molecule has 1 fully saturated rings. The first-order chi connectivity index (χ1) is 9.44. The van der Waals surface area contributed by atoms with Crippen LogP contribution in [0.1, 0.15) is 24.1 Å². The topological polar surface area (TPSA) is 87.5 Å². The summed E-state index contributed by atoms with van der Waals surface area (Å²) in [6, 6.07) is 0. The lowest BCUT2D eigenvalue weighted by Crippen LogP contribution is -2.45. The number of rotatable bonds is 5. The number of nitrogens with one attached hydrogen (secondary N) is 1. The third-order valence-electron chi connectivity index (χ3n) is 3.95. The molecule has 1 aliphatic heterocycles. The Balaban J connectivity index is 1.93. The molecule has 0 atom stereocenters. The fourth-order valence-electron chi connectivity index (χ4n) is 2.31. The van der Waals surface area contributed by atoms with Gasteiger partial charge in [-0.2, -0.15) is 22.5 Å². The summed E-state index contributed by atoms with van der Waals surface area (Å²) >= 11 is 0. The van der Waals surface area contributed by atoms with E-state index in [1.165, 1.54) is 4.31 Å². The largest absolute Gasteiger partial charge is 0.396 e. The van der Waals surface area contributed by atoms with Gasteiger partial charge in [0.1, 0.15) is 0 Å². The van der Waals surface area contributed by atoms with Gasteiger partial charge >= 0.3 is 0 Å². The zero-order valence-electron chi connectivity index (χ0n) is 11.9. The average molecular weight is 302 g/mol. The Morgan fingerprint density at radius 1 is 1.45 bits per heavy atom. The molecule has 0 amide bonds. The molecule has 1 aromatic heterocycles. The molecule has 0 radical (unpaired) electrons. The van der Waals surface area contributed by atoms with E-state index in [-0.39, 0.29) is 19.1 Å². The fourth-order valence-corrected chi connectivity index (χ4v) is 3.52. The van der Waals surface area contributed by atoms with Crippen LogP contribution in [0.3, 0.4) is 0 Å². The monoisotopic (exact) mass is 302 g/mol. The van der Waals surface area contributed by atoms with Crippen LogP contribution in [0.4, 0.5) is 0 Å². The summed E-state index contributed by atoms with van der Waals surface area (Å²) in [5, 5.41) is 13.2. The van der Waals surface area contributed by atoms with Crippen molar-refractivity contribution in [2.45, 2.75) is 26.3 Å². The number of aromatic nitrogens is 2. The molecule has 1 aliphatic rings. The summed E-state index contributed by atoms with van der Waals surface area (Å²) in [7, 11) is -1.63. The molecule has 0 spiro atoms. The molecule has 0 aliphatic carbocycles. The molecular formula is C12H22N4O3S. The minimum absolute atomic E-state index is 0.135. The Labute approximate surface area is 119 Å². The summed E-state index contributed by atoms with van der Waals surface area (Å²) in [5.41, 5.74) is 1.83. The summed E-state index contributed by atoms with van der Waals surface area (Å²) in [6.45, 7) is 3.22. The smallest absolute Gasteiger partial charge is 0.279 e. The molecule has 1 aromatic rings. The lowest BCUT2D eigenvalue weighted by atomic mass is 10.00.